The molecule has 0 fully saturated rings. The highest BCUT2D eigenvalue weighted by atomic mass is 32.2. The van der Waals surface area contributed by atoms with Crippen LogP contribution < -0.4 is 5.32 Å². The molecule has 0 saturated heterocycles. The lowest BCUT2D eigenvalue weighted by molar-refractivity contribution is -0.116. The van der Waals surface area contributed by atoms with Gasteiger partial charge in [-0.15, -0.1) is 0 Å². The first-order valence-electron chi connectivity index (χ1n) is 6.11. The molecule has 8 heteroatoms. The number of nitrogens with one attached hydrogen (secondary N) is 1. The summed E-state index contributed by atoms with van der Waals surface area (Å²) in [6, 6.07) is 3.57. The monoisotopic (exact) mass is 331 g/mol. The number of hydrogen-bond donors (Lipinski definition) is 2. The van der Waals surface area contributed by atoms with Crippen LogP contribution in [0.3, 0.4) is 0 Å². The highest BCUT2D eigenvalue weighted by molar-refractivity contribution is 7.98. The second-order valence-electron chi connectivity index (χ2n) is 4.47. The molecule has 0 radical (unpaired) electrons. The van der Waals surface area contributed by atoms with E-state index in [1.54, 1.807) is 11.8 Å². The van der Waals surface area contributed by atoms with E-state index in [1.807, 2.05) is 6.26 Å². The van der Waals surface area contributed by atoms with Gasteiger partial charge in [0.25, 0.3) is 0 Å². The predicted molar refractivity (Wildman–Crippen MR) is 82.8 cm³/mol. The third-order valence-corrected chi connectivity index (χ3v) is 4.41. The van der Waals surface area contributed by atoms with Crippen molar-refractivity contribution in [2.45, 2.75) is 17.7 Å². The van der Waals surface area contributed by atoms with Crippen molar-refractivity contribution in [2.75, 3.05) is 23.6 Å². The van der Waals surface area contributed by atoms with Crippen LogP contribution in [0.1, 0.15) is 23.2 Å². The molecule has 0 heterocycles. The van der Waals surface area contributed by atoms with E-state index in [-0.39, 0.29) is 22.1 Å². The van der Waals surface area contributed by atoms with E-state index in [1.165, 1.54) is 12.1 Å². The number of benzene rings is 1. The predicted octanol–water partition coefficient (Wildman–Crippen LogP) is 1.87. The first kappa shape index (κ1) is 17.5. The van der Waals surface area contributed by atoms with Gasteiger partial charge in [0.2, 0.25) is 5.91 Å². The Hall–Kier alpha value is -1.54. The van der Waals surface area contributed by atoms with E-state index in [2.05, 4.69) is 5.32 Å². The van der Waals surface area contributed by atoms with Crippen LogP contribution in [-0.4, -0.2) is 43.7 Å². The minimum Gasteiger partial charge on any atom is -0.478 e. The molecule has 2 N–H and O–H groups in total. The van der Waals surface area contributed by atoms with Crippen molar-refractivity contribution in [3.05, 3.63) is 23.8 Å². The van der Waals surface area contributed by atoms with Gasteiger partial charge in [0.15, 0.2) is 9.84 Å². The molecular weight excluding hydrogens is 314 g/mol. The number of hydrogen-bond acceptors (Lipinski definition) is 5. The number of amides is 1. The molecule has 0 aliphatic carbocycles. The van der Waals surface area contributed by atoms with Crippen LogP contribution in [0, 0.1) is 0 Å². The van der Waals surface area contributed by atoms with Crippen molar-refractivity contribution >= 4 is 39.2 Å². The summed E-state index contributed by atoms with van der Waals surface area (Å²) >= 11 is 1.63. The van der Waals surface area contributed by atoms with Crippen molar-refractivity contribution in [3.63, 3.8) is 0 Å². The summed E-state index contributed by atoms with van der Waals surface area (Å²) in [5.41, 5.74) is -0.0122. The van der Waals surface area contributed by atoms with Crippen molar-refractivity contribution in [1.29, 1.82) is 0 Å². The summed E-state index contributed by atoms with van der Waals surface area (Å²) in [6.07, 6.45) is 3.92. The molecule has 0 aliphatic heterocycles. The zero-order valence-corrected chi connectivity index (χ0v) is 13.4. The standard InChI is InChI=1S/C13H17NO5S2/c1-20-5-3-4-12(15)14-10-6-9(13(16)17)7-11(8-10)21(2,18)19/h6-8H,3-5H2,1-2H3,(H,14,15)(H,16,17). The lowest BCUT2D eigenvalue weighted by Crippen LogP contribution is -2.13. The molecule has 21 heavy (non-hydrogen) atoms. The van der Waals surface area contributed by atoms with Gasteiger partial charge in [0, 0.05) is 18.4 Å². The molecule has 0 unspecified atom stereocenters. The van der Waals surface area contributed by atoms with Crippen LogP contribution in [0.15, 0.2) is 23.1 Å². The number of carboxylic acids is 1. The largest absolute Gasteiger partial charge is 0.478 e. The number of carboxylic acid groups (broad SMARTS) is 1. The number of sulfone groups is 1. The molecule has 1 rings (SSSR count). The Labute approximate surface area is 127 Å². The average molecular weight is 331 g/mol. The fraction of sp³-hybridized carbons (Fsp3) is 0.385. The Morgan fingerprint density at radius 3 is 2.48 bits per heavy atom. The van der Waals surface area contributed by atoms with Gasteiger partial charge in [-0.05, 0) is 36.6 Å². The number of anilines is 1. The first-order valence-corrected chi connectivity index (χ1v) is 9.40. The summed E-state index contributed by atoms with van der Waals surface area (Å²) in [4.78, 5) is 22.6. The normalized spacial score (nSPS) is 11.1. The van der Waals surface area contributed by atoms with Crippen LogP contribution in [0.25, 0.3) is 0 Å². The third kappa shape index (κ3) is 5.76. The highest BCUT2D eigenvalue weighted by Gasteiger charge is 2.14. The molecule has 1 aromatic carbocycles. The maximum absolute atomic E-state index is 11.7. The maximum Gasteiger partial charge on any atom is 0.335 e. The van der Waals surface area contributed by atoms with Crippen LogP contribution in [-0.2, 0) is 14.6 Å². The molecule has 0 bridgehead atoms. The quantitative estimate of drug-likeness (QED) is 0.740. The lowest BCUT2D eigenvalue weighted by atomic mass is 10.2. The summed E-state index contributed by atoms with van der Waals surface area (Å²) < 4.78 is 23.1. The molecule has 116 valence electrons. The van der Waals surface area contributed by atoms with Gasteiger partial charge < -0.3 is 10.4 Å². The minimum absolute atomic E-state index is 0.137. The van der Waals surface area contributed by atoms with E-state index < -0.39 is 15.8 Å². The summed E-state index contributed by atoms with van der Waals surface area (Å²) in [5.74, 6) is -0.679. The van der Waals surface area contributed by atoms with Gasteiger partial charge in [-0.25, -0.2) is 13.2 Å². The van der Waals surface area contributed by atoms with Gasteiger partial charge in [-0.2, -0.15) is 11.8 Å². The molecule has 1 amide bonds. The average Bonchev–Trinajstić information content (AvgIpc) is 2.37. The lowest BCUT2D eigenvalue weighted by Gasteiger charge is -2.08. The summed E-state index contributed by atoms with van der Waals surface area (Å²) in [6.45, 7) is 0. The zero-order valence-electron chi connectivity index (χ0n) is 11.8. The molecular formula is C13H17NO5S2. The topological polar surface area (TPSA) is 101 Å². The first-order chi connectivity index (χ1) is 9.74. The second-order valence-corrected chi connectivity index (χ2v) is 7.47. The summed E-state index contributed by atoms with van der Waals surface area (Å²) in [7, 11) is -3.56. The second kappa shape index (κ2) is 7.46. The fourth-order valence-corrected chi connectivity index (χ4v) is 2.72. The zero-order chi connectivity index (χ0) is 16.0. The molecule has 0 atom stereocenters. The van der Waals surface area contributed by atoms with Crippen molar-refractivity contribution < 1.29 is 23.1 Å². The molecule has 1 aromatic rings. The molecule has 6 nitrogen and oxygen atoms in total. The van der Waals surface area contributed by atoms with E-state index in [0.717, 1.165) is 18.1 Å². The highest BCUT2D eigenvalue weighted by Crippen LogP contribution is 2.19. The van der Waals surface area contributed by atoms with Gasteiger partial charge in [-0.3, -0.25) is 4.79 Å². The third-order valence-electron chi connectivity index (χ3n) is 2.62. The Morgan fingerprint density at radius 2 is 1.95 bits per heavy atom. The fourth-order valence-electron chi connectivity index (χ4n) is 1.61. The van der Waals surface area contributed by atoms with E-state index in [9.17, 15) is 18.0 Å². The summed E-state index contributed by atoms with van der Waals surface area (Å²) in [5, 5.41) is 11.5. The maximum atomic E-state index is 11.7. The number of aromatic carboxylic acids is 1. The molecule has 0 aromatic heterocycles. The minimum atomic E-state index is -3.56. The van der Waals surface area contributed by atoms with Gasteiger partial charge in [-0.1, -0.05) is 0 Å². The van der Waals surface area contributed by atoms with Crippen LogP contribution in [0.4, 0.5) is 5.69 Å². The Balaban J connectivity index is 2.99. The number of rotatable bonds is 7. The van der Waals surface area contributed by atoms with E-state index in [0.29, 0.717) is 12.8 Å². The van der Waals surface area contributed by atoms with E-state index >= 15 is 0 Å². The Kier molecular flexibility index (Phi) is 6.22. The van der Waals surface area contributed by atoms with Crippen LogP contribution >= 0.6 is 11.8 Å². The number of carbonyl (C=O) groups excluding carboxylic acids is 1. The van der Waals surface area contributed by atoms with E-state index in [4.69, 9.17) is 5.11 Å². The molecule has 0 aliphatic rings. The Morgan fingerprint density at radius 1 is 1.29 bits per heavy atom. The number of thioether (sulfide) groups is 1. The SMILES string of the molecule is CSCCCC(=O)Nc1cc(C(=O)O)cc(S(C)(=O)=O)c1. The van der Waals surface area contributed by atoms with Crippen molar-refractivity contribution in [2.24, 2.45) is 0 Å². The van der Waals surface area contributed by atoms with Gasteiger partial charge in [0.05, 0.1) is 10.5 Å². The molecule has 0 saturated carbocycles. The van der Waals surface area contributed by atoms with Crippen molar-refractivity contribution in [1.82, 2.24) is 0 Å². The van der Waals surface area contributed by atoms with Gasteiger partial charge in [0.1, 0.15) is 0 Å². The van der Waals surface area contributed by atoms with Crippen molar-refractivity contribution in [3.8, 4) is 0 Å². The number of carbonyl (C=O) groups is 2. The molecule has 0 spiro atoms. The van der Waals surface area contributed by atoms with Gasteiger partial charge >= 0.3 is 5.97 Å². The smallest absolute Gasteiger partial charge is 0.335 e. The Bertz CT molecular complexity index is 640. The van der Waals surface area contributed by atoms with Crippen LogP contribution in [0.5, 0.6) is 0 Å². The van der Waals surface area contributed by atoms with Crippen LogP contribution in [0.2, 0.25) is 0 Å².